The quantitative estimate of drug-likeness (QED) is 0.677. The van der Waals surface area contributed by atoms with Crippen LogP contribution in [0.1, 0.15) is 19.3 Å². The van der Waals surface area contributed by atoms with Crippen LogP contribution < -0.4 is 11.1 Å². The van der Waals surface area contributed by atoms with Gasteiger partial charge in [0.25, 0.3) is 0 Å². The van der Waals surface area contributed by atoms with Crippen LogP contribution in [0.2, 0.25) is 0 Å². The third-order valence-electron chi connectivity index (χ3n) is 2.15. The van der Waals surface area contributed by atoms with Gasteiger partial charge in [0.05, 0.1) is 5.54 Å². The molecule has 0 radical (unpaired) electrons. The normalized spacial score (nSPS) is 20.6. The van der Waals surface area contributed by atoms with E-state index in [0.717, 1.165) is 6.42 Å². The van der Waals surface area contributed by atoms with E-state index in [-0.39, 0.29) is 0 Å². The maximum atomic E-state index is 11.7. The molecule has 76 valence electrons. The summed E-state index contributed by atoms with van der Waals surface area (Å²) in [4.78, 5) is 11.1. The predicted molar refractivity (Wildman–Crippen MR) is 39.8 cm³/mol. The van der Waals surface area contributed by atoms with Gasteiger partial charge in [-0.2, -0.15) is 13.2 Å². The minimum absolute atomic E-state index is 0.469. The fourth-order valence-electron chi connectivity index (χ4n) is 1.14. The molecule has 0 heterocycles. The molecule has 1 rings (SSSR count). The molecule has 1 amide bonds. The summed E-state index contributed by atoms with van der Waals surface area (Å²) in [5, 5.41) is 1.78. The fraction of sp³-hybridized carbons (Fsp3) is 0.857. The number of nitrogens with two attached hydrogens (primary N) is 1. The van der Waals surface area contributed by atoms with Gasteiger partial charge in [-0.15, -0.1) is 0 Å². The Morgan fingerprint density at radius 1 is 1.46 bits per heavy atom. The number of amides is 1. The van der Waals surface area contributed by atoms with E-state index in [1.165, 1.54) is 0 Å². The molecular formula is C7H11F3N2O. The van der Waals surface area contributed by atoms with Crippen LogP contribution in [0, 0.1) is 0 Å². The van der Waals surface area contributed by atoms with Crippen molar-refractivity contribution in [1.29, 1.82) is 0 Å². The molecule has 0 bridgehead atoms. The summed E-state index contributed by atoms with van der Waals surface area (Å²) in [5.74, 6) is -0.698. The summed E-state index contributed by atoms with van der Waals surface area (Å²) in [7, 11) is 0. The minimum atomic E-state index is -4.37. The van der Waals surface area contributed by atoms with E-state index in [9.17, 15) is 18.0 Å². The molecule has 1 aliphatic rings. The summed E-state index contributed by atoms with van der Waals surface area (Å²) >= 11 is 0. The van der Waals surface area contributed by atoms with Crippen molar-refractivity contribution in [1.82, 2.24) is 5.32 Å². The molecule has 1 fully saturated rings. The number of carbonyl (C=O) groups is 1. The van der Waals surface area contributed by atoms with Crippen molar-refractivity contribution in [2.75, 3.05) is 6.54 Å². The second-order valence-electron chi connectivity index (χ2n) is 3.31. The van der Waals surface area contributed by atoms with Gasteiger partial charge < -0.3 is 11.1 Å². The Hall–Kier alpha value is -0.780. The first-order valence-corrected chi connectivity index (χ1v) is 3.97. The zero-order valence-electron chi connectivity index (χ0n) is 6.95. The van der Waals surface area contributed by atoms with Gasteiger partial charge in [0.1, 0.15) is 6.54 Å². The van der Waals surface area contributed by atoms with E-state index >= 15 is 0 Å². The highest BCUT2D eigenvalue weighted by Gasteiger charge is 2.41. The van der Waals surface area contributed by atoms with Crippen molar-refractivity contribution in [3.05, 3.63) is 0 Å². The molecule has 1 saturated carbocycles. The van der Waals surface area contributed by atoms with Crippen molar-refractivity contribution in [2.45, 2.75) is 31.0 Å². The SMILES string of the molecule is NC1(C(=O)NCC(F)(F)F)CCC1. The highest BCUT2D eigenvalue weighted by atomic mass is 19.4. The average Bonchev–Trinajstić information content (AvgIpc) is 1.94. The Morgan fingerprint density at radius 3 is 2.31 bits per heavy atom. The van der Waals surface area contributed by atoms with Crippen LogP contribution in [-0.2, 0) is 4.79 Å². The lowest BCUT2D eigenvalue weighted by molar-refractivity contribution is -0.143. The molecule has 0 aliphatic heterocycles. The first-order valence-electron chi connectivity index (χ1n) is 3.97. The molecule has 0 aromatic heterocycles. The number of nitrogens with one attached hydrogen (secondary N) is 1. The molecule has 3 N–H and O–H groups in total. The number of rotatable bonds is 2. The maximum Gasteiger partial charge on any atom is 0.405 e. The van der Waals surface area contributed by atoms with Crippen LogP contribution in [0.15, 0.2) is 0 Å². The third kappa shape index (κ3) is 2.58. The van der Waals surface area contributed by atoms with Crippen molar-refractivity contribution in [3.8, 4) is 0 Å². The van der Waals surface area contributed by atoms with E-state index in [2.05, 4.69) is 0 Å². The molecule has 0 aromatic rings. The van der Waals surface area contributed by atoms with Gasteiger partial charge in [0, 0.05) is 0 Å². The van der Waals surface area contributed by atoms with Crippen LogP contribution >= 0.6 is 0 Å². The predicted octanol–water partition coefficient (Wildman–Crippen LogP) is 0.546. The number of hydrogen-bond donors (Lipinski definition) is 2. The summed E-state index contributed by atoms with van der Waals surface area (Å²) < 4.78 is 35.0. The highest BCUT2D eigenvalue weighted by molar-refractivity contribution is 5.87. The van der Waals surface area contributed by atoms with Gasteiger partial charge in [0.2, 0.25) is 5.91 Å². The summed E-state index contributed by atoms with van der Waals surface area (Å²) in [6, 6.07) is 0. The minimum Gasteiger partial charge on any atom is -0.345 e. The zero-order chi connectivity index (χ0) is 10.1. The third-order valence-corrected chi connectivity index (χ3v) is 2.15. The average molecular weight is 196 g/mol. The molecule has 0 spiro atoms. The molecule has 0 atom stereocenters. The van der Waals surface area contributed by atoms with E-state index < -0.39 is 24.2 Å². The fourth-order valence-corrected chi connectivity index (χ4v) is 1.14. The molecule has 13 heavy (non-hydrogen) atoms. The van der Waals surface area contributed by atoms with Crippen LogP contribution in [0.5, 0.6) is 0 Å². The number of halogens is 3. The molecule has 3 nitrogen and oxygen atoms in total. The largest absolute Gasteiger partial charge is 0.405 e. The number of alkyl halides is 3. The standard InChI is InChI=1S/C7H11F3N2O/c8-7(9,10)4-12-5(13)6(11)2-1-3-6/h1-4,11H2,(H,12,13). The van der Waals surface area contributed by atoms with Crippen LogP contribution in [0.4, 0.5) is 13.2 Å². The molecule has 6 heteroatoms. The lowest BCUT2D eigenvalue weighted by atomic mass is 9.77. The lowest BCUT2D eigenvalue weighted by Gasteiger charge is -2.36. The second-order valence-corrected chi connectivity index (χ2v) is 3.31. The zero-order valence-corrected chi connectivity index (χ0v) is 6.95. The summed E-state index contributed by atoms with van der Waals surface area (Å²) in [5.41, 5.74) is 4.45. The van der Waals surface area contributed by atoms with Gasteiger partial charge in [-0.05, 0) is 19.3 Å². The van der Waals surface area contributed by atoms with E-state index in [0.29, 0.717) is 12.8 Å². The van der Waals surface area contributed by atoms with Crippen molar-refractivity contribution < 1.29 is 18.0 Å². The Labute approximate surface area is 73.5 Å². The van der Waals surface area contributed by atoms with Gasteiger partial charge in [-0.1, -0.05) is 0 Å². The smallest absolute Gasteiger partial charge is 0.345 e. The molecule has 0 unspecified atom stereocenters. The van der Waals surface area contributed by atoms with E-state index in [4.69, 9.17) is 5.73 Å². The van der Waals surface area contributed by atoms with Gasteiger partial charge in [0.15, 0.2) is 0 Å². The Bertz CT molecular complexity index is 210. The van der Waals surface area contributed by atoms with Crippen LogP contribution in [0.25, 0.3) is 0 Å². The van der Waals surface area contributed by atoms with Gasteiger partial charge >= 0.3 is 6.18 Å². The van der Waals surface area contributed by atoms with E-state index in [1.807, 2.05) is 0 Å². The second kappa shape index (κ2) is 3.17. The van der Waals surface area contributed by atoms with Crippen LogP contribution in [-0.4, -0.2) is 24.2 Å². The summed E-state index contributed by atoms with van der Waals surface area (Å²) in [6.45, 7) is -1.30. The Balaban J connectivity index is 2.34. The molecular weight excluding hydrogens is 185 g/mol. The number of carbonyl (C=O) groups excluding carboxylic acids is 1. The first-order chi connectivity index (χ1) is 5.83. The monoisotopic (exact) mass is 196 g/mol. The van der Waals surface area contributed by atoms with Crippen molar-refractivity contribution in [2.24, 2.45) is 5.73 Å². The molecule has 0 saturated heterocycles. The molecule has 0 aromatic carbocycles. The van der Waals surface area contributed by atoms with Gasteiger partial charge in [-0.25, -0.2) is 0 Å². The number of hydrogen-bond acceptors (Lipinski definition) is 2. The first kappa shape index (κ1) is 10.3. The maximum absolute atomic E-state index is 11.7. The highest BCUT2D eigenvalue weighted by Crippen LogP contribution is 2.29. The molecule has 1 aliphatic carbocycles. The topological polar surface area (TPSA) is 55.1 Å². The van der Waals surface area contributed by atoms with Crippen LogP contribution in [0.3, 0.4) is 0 Å². The lowest BCUT2D eigenvalue weighted by Crippen LogP contribution is -2.59. The van der Waals surface area contributed by atoms with Crippen molar-refractivity contribution >= 4 is 5.91 Å². The Kier molecular flexibility index (Phi) is 2.51. The van der Waals surface area contributed by atoms with Gasteiger partial charge in [-0.3, -0.25) is 4.79 Å². The summed E-state index contributed by atoms with van der Waals surface area (Å²) in [6.07, 6.45) is -2.63. The van der Waals surface area contributed by atoms with Crippen molar-refractivity contribution in [3.63, 3.8) is 0 Å². The Morgan fingerprint density at radius 2 is 2.00 bits per heavy atom. The van der Waals surface area contributed by atoms with E-state index in [1.54, 1.807) is 5.32 Å².